The van der Waals surface area contributed by atoms with Gasteiger partial charge < -0.3 is 10.8 Å². The van der Waals surface area contributed by atoms with E-state index in [9.17, 15) is 9.90 Å². The lowest BCUT2D eigenvalue weighted by Crippen LogP contribution is -2.39. The molecule has 1 fully saturated rings. The van der Waals surface area contributed by atoms with E-state index in [-0.39, 0.29) is 11.9 Å². The maximum absolute atomic E-state index is 11.1. The molecule has 2 aromatic rings. The van der Waals surface area contributed by atoms with Crippen LogP contribution in [0.3, 0.4) is 0 Å². The van der Waals surface area contributed by atoms with Gasteiger partial charge in [-0.05, 0) is 24.9 Å². The number of nitrogens with zero attached hydrogens (tertiary/aromatic N) is 4. The molecule has 0 bridgehead atoms. The summed E-state index contributed by atoms with van der Waals surface area (Å²) in [5.74, 6) is -0.567. The first-order valence-electron chi connectivity index (χ1n) is 7.80. The van der Waals surface area contributed by atoms with Crippen molar-refractivity contribution in [1.82, 2.24) is 19.7 Å². The molecule has 1 aromatic carbocycles. The minimum absolute atomic E-state index is 0.0476. The molecule has 1 saturated heterocycles. The smallest absolute Gasteiger partial charge is 0.288 e. The molecule has 2 atom stereocenters. The van der Waals surface area contributed by atoms with Gasteiger partial charge in [0.05, 0.1) is 12.1 Å². The summed E-state index contributed by atoms with van der Waals surface area (Å²) >= 11 is 0. The number of carbonyl (C=O) groups excluding carboxylic acids is 1. The van der Waals surface area contributed by atoms with Crippen LogP contribution >= 0.6 is 0 Å². The molecule has 0 radical (unpaired) electrons. The minimum atomic E-state index is -0.615. The van der Waals surface area contributed by atoms with Crippen LogP contribution in [0.4, 0.5) is 0 Å². The molecule has 1 aliphatic rings. The monoisotopic (exact) mass is 315 g/mol. The van der Waals surface area contributed by atoms with E-state index in [0.29, 0.717) is 6.54 Å². The van der Waals surface area contributed by atoms with Crippen LogP contribution in [-0.2, 0) is 0 Å². The zero-order chi connectivity index (χ0) is 16.2. The van der Waals surface area contributed by atoms with E-state index in [2.05, 4.69) is 15.0 Å². The molecule has 1 aromatic heterocycles. The van der Waals surface area contributed by atoms with E-state index < -0.39 is 12.0 Å². The third kappa shape index (κ3) is 3.75. The second-order valence-electron chi connectivity index (χ2n) is 5.89. The number of aromatic nitrogens is 3. The fourth-order valence-corrected chi connectivity index (χ4v) is 3.00. The molecule has 0 spiro atoms. The summed E-state index contributed by atoms with van der Waals surface area (Å²) in [6.45, 7) is 2.29. The van der Waals surface area contributed by atoms with Crippen molar-refractivity contribution in [3.05, 3.63) is 48.0 Å². The number of hydrogen-bond donors (Lipinski definition) is 2. The van der Waals surface area contributed by atoms with E-state index in [1.54, 1.807) is 11.0 Å². The van der Waals surface area contributed by atoms with Crippen LogP contribution in [0.5, 0.6) is 0 Å². The molecule has 3 N–H and O–H groups in total. The molecule has 0 saturated carbocycles. The van der Waals surface area contributed by atoms with E-state index in [0.717, 1.165) is 31.5 Å². The van der Waals surface area contributed by atoms with Crippen molar-refractivity contribution in [2.75, 3.05) is 19.6 Å². The zero-order valence-corrected chi connectivity index (χ0v) is 12.9. The van der Waals surface area contributed by atoms with E-state index in [1.165, 1.54) is 0 Å². The van der Waals surface area contributed by atoms with Crippen LogP contribution < -0.4 is 5.73 Å². The highest BCUT2D eigenvalue weighted by Crippen LogP contribution is 2.23. The standard InChI is InChI=1S/C16H21N5O2/c17-15(23)16-18-11-21(19-16)13-7-4-8-20(9-13)10-14(22)12-5-2-1-3-6-12/h1-3,5-6,11,13-14,22H,4,7-10H2,(H2,17,23)/t13-,14-/m1/s1. The third-order valence-electron chi connectivity index (χ3n) is 4.20. The molecule has 3 rings (SSSR count). The first-order chi connectivity index (χ1) is 11.1. The number of nitrogens with two attached hydrogens (primary N) is 1. The molecule has 23 heavy (non-hydrogen) atoms. The van der Waals surface area contributed by atoms with Crippen molar-refractivity contribution in [3.63, 3.8) is 0 Å². The molecular formula is C16H21N5O2. The van der Waals surface area contributed by atoms with Gasteiger partial charge in [0.15, 0.2) is 0 Å². The lowest BCUT2D eigenvalue weighted by Gasteiger charge is -2.33. The van der Waals surface area contributed by atoms with Gasteiger partial charge in [-0.2, -0.15) is 0 Å². The normalized spacial score (nSPS) is 20.3. The van der Waals surface area contributed by atoms with Crippen LogP contribution in [0.2, 0.25) is 0 Å². The van der Waals surface area contributed by atoms with Crippen molar-refractivity contribution < 1.29 is 9.90 Å². The number of rotatable bonds is 5. The van der Waals surface area contributed by atoms with E-state index >= 15 is 0 Å². The predicted molar refractivity (Wildman–Crippen MR) is 84.7 cm³/mol. The number of aliphatic hydroxyl groups excluding tert-OH is 1. The van der Waals surface area contributed by atoms with Crippen LogP contribution in [0.15, 0.2) is 36.7 Å². The first-order valence-corrected chi connectivity index (χ1v) is 7.80. The topological polar surface area (TPSA) is 97.3 Å². The van der Waals surface area contributed by atoms with Gasteiger partial charge in [-0.25, -0.2) is 9.67 Å². The Bertz CT molecular complexity index is 658. The number of likely N-dealkylation sites (tertiary alicyclic amines) is 1. The number of primary amides is 1. The number of aliphatic hydroxyl groups is 1. The van der Waals surface area contributed by atoms with E-state index in [4.69, 9.17) is 5.73 Å². The Morgan fingerprint density at radius 2 is 2.17 bits per heavy atom. The van der Waals surface area contributed by atoms with Crippen molar-refractivity contribution in [3.8, 4) is 0 Å². The van der Waals surface area contributed by atoms with Crippen LogP contribution in [0.1, 0.15) is 41.2 Å². The summed E-state index contributed by atoms with van der Waals surface area (Å²) in [5.41, 5.74) is 6.12. The number of β-amino-alcohol motifs (C(OH)–C–C–N with tert-alkyl or cyclic N) is 1. The Kier molecular flexibility index (Phi) is 4.68. The highest BCUT2D eigenvalue weighted by Gasteiger charge is 2.24. The molecule has 7 nitrogen and oxygen atoms in total. The Balaban J connectivity index is 1.62. The maximum Gasteiger partial charge on any atom is 0.288 e. The SMILES string of the molecule is NC(=O)c1ncn([C@@H]2CCCN(C[C@@H](O)c3ccccc3)C2)n1. The molecule has 1 amide bonds. The maximum atomic E-state index is 11.1. The summed E-state index contributed by atoms with van der Waals surface area (Å²) in [6.07, 6.45) is 3.03. The highest BCUT2D eigenvalue weighted by molar-refractivity contribution is 5.88. The number of amides is 1. The Labute approximate surface area is 134 Å². The molecular weight excluding hydrogens is 294 g/mol. The van der Waals surface area contributed by atoms with Gasteiger partial charge in [0, 0.05) is 13.1 Å². The minimum Gasteiger partial charge on any atom is -0.387 e. The first kappa shape index (κ1) is 15.6. The number of benzene rings is 1. The largest absolute Gasteiger partial charge is 0.387 e. The third-order valence-corrected chi connectivity index (χ3v) is 4.20. The van der Waals surface area contributed by atoms with Gasteiger partial charge in [0.1, 0.15) is 6.33 Å². The molecule has 0 unspecified atom stereocenters. The molecule has 0 aliphatic carbocycles. The summed E-state index contributed by atoms with van der Waals surface area (Å²) in [4.78, 5) is 17.3. The molecule has 7 heteroatoms. The fourth-order valence-electron chi connectivity index (χ4n) is 3.00. The number of piperidine rings is 1. The lowest BCUT2D eigenvalue weighted by atomic mass is 10.0. The zero-order valence-electron chi connectivity index (χ0n) is 12.9. The van der Waals surface area contributed by atoms with Gasteiger partial charge in [-0.15, -0.1) is 5.10 Å². The highest BCUT2D eigenvalue weighted by atomic mass is 16.3. The summed E-state index contributed by atoms with van der Waals surface area (Å²) in [5, 5.41) is 14.5. The van der Waals surface area contributed by atoms with Gasteiger partial charge in [0.25, 0.3) is 5.91 Å². The Hall–Kier alpha value is -2.25. The van der Waals surface area contributed by atoms with Crippen molar-refractivity contribution in [1.29, 1.82) is 0 Å². The molecule has 122 valence electrons. The predicted octanol–water partition coefficient (Wildman–Crippen LogP) is 0.747. The molecule has 1 aliphatic heterocycles. The Morgan fingerprint density at radius 1 is 1.39 bits per heavy atom. The Morgan fingerprint density at radius 3 is 2.87 bits per heavy atom. The summed E-state index contributed by atoms with van der Waals surface area (Å²) < 4.78 is 1.71. The van der Waals surface area contributed by atoms with Crippen molar-refractivity contribution in [2.45, 2.75) is 25.0 Å². The van der Waals surface area contributed by atoms with Crippen LogP contribution in [0, 0.1) is 0 Å². The second-order valence-corrected chi connectivity index (χ2v) is 5.89. The molecule has 2 heterocycles. The van der Waals surface area contributed by atoms with Gasteiger partial charge in [-0.1, -0.05) is 30.3 Å². The lowest BCUT2D eigenvalue weighted by molar-refractivity contribution is 0.0837. The summed E-state index contributed by atoms with van der Waals surface area (Å²) in [7, 11) is 0. The second kappa shape index (κ2) is 6.89. The van der Waals surface area contributed by atoms with Gasteiger partial charge in [0.2, 0.25) is 5.82 Å². The average Bonchev–Trinajstić information content (AvgIpc) is 3.06. The van der Waals surface area contributed by atoms with Gasteiger partial charge in [-0.3, -0.25) is 9.69 Å². The van der Waals surface area contributed by atoms with Gasteiger partial charge >= 0.3 is 0 Å². The van der Waals surface area contributed by atoms with Crippen LogP contribution in [0.25, 0.3) is 0 Å². The number of hydrogen-bond acceptors (Lipinski definition) is 5. The quantitative estimate of drug-likeness (QED) is 0.848. The number of carbonyl (C=O) groups is 1. The summed E-state index contributed by atoms with van der Waals surface area (Å²) in [6, 6.07) is 9.81. The van der Waals surface area contributed by atoms with E-state index in [1.807, 2.05) is 30.3 Å². The van der Waals surface area contributed by atoms with Crippen LogP contribution in [-0.4, -0.2) is 50.3 Å². The van der Waals surface area contributed by atoms with Crippen molar-refractivity contribution >= 4 is 5.91 Å². The fraction of sp³-hybridized carbons (Fsp3) is 0.438. The average molecular weight is 315 g/mol. The van der Waals surface area contributed by atoms with Crippen molar-refractivity contribution in [2.24, 2.45) is 5.73 Å².